The van der Waals surface area contributed by atoms with Crippen LogP contribution < -0.4 is 15.7 Å². The van der Waals surface area contributed by atoms with Gasteiger partial charge in [-0.25, -0.2) is 9.18 Å². The van der Waals surface area contributed by atoms with Crippen molar-refractivity contribution >= 4 is 39.9 Å². The van der Waals surface area contributed by atoms with Gasteiger partial charge in [0.15, 0.2) is 6.61 Å². The second kappa shape index (κ2) is 7.65. The van der Waals surface area contributed by atoms with E-state index in [0.717, 1.165) is 18.2 Å². The number of anilines is 1. The Morgan fingerprint density at radius 3 is 2.79 bits per heavy atom. The quantitative estimate of drug-likeness (QED) is 0.391. The van der Waals surface area contributed by atoms with Gasteiger partial charge in [-0.15, -0.1) is 0 Å². The van der Waals surface area contributed by atoms with Crippen LogP contribution in [0.15, 0.2) is 45.6 Å². The molecule has 144 valence electrons. The van der Waals surface area contributed by atoms with Gasteiger partial charge in [0.1, 0.15) is 17.1 Å². The number of benzene rings is 2. The van der Waals surface area contributed by atoms with Crippen molar-refractivity contribution in [3.8, 4) is 5.75 Å². The lowest BCUT2D eigenvalue weighted by Crippen LogP contribution is -2.21. The smallest absolute Gasteiger partial charge is 0.336 e. The fraction of sp³-hybridized carbons (Fsp3) is 0.111. The Kier molecular flexibility index (Phi) is 5.27. The molecule has 10 heteroatoms. The highest BCUT2D eigenvalue weighted by atomic mass is 35.5. The lowest BCUT2D eigenvalue weighted by atomic mass is 10.1. The summed E-state index contributed by atoms with van der Waals surface area (Å²) in [5.74, 6) is -1.52. The van der Waals surface area contributed by atoms with E-state index in [1.54, 1.807) is 6.92 Å². The summed E-state index contributed by atoms with van der Waals surface area (Å²) in [5, 5.41) is 13.7. The molecule has 0 fully saturated rings. The summed E-state index contributed by atoms with van der Waals surface area (Å²) in [5.41, 5.74) is -0.375. The van der Waals surface area contributed by atoms with Gasteiger partial charge in [-0.1, -0.05) is 11.6 Å². The highest BCUT2D eigenvalue weighted by Gasteiger charge is 2.15. The lowest BCUT2D eigenvalue weighted by molar-refractivity contribution is -0.384. The standard InChI is InChI=1S/C18H12ClFN2O6/c1-9-4-18(24)28-15-7-16(12(19)6-11(9)15)27-8-17(23)21-14-5-10(22(25)26)2-3-13(14)20/h2-7H,8H2,1H3,(H,21,23). The summed E-state index contributed by atoms with van der Waals surface area (Å²) in [6.07, 6.45) is 0. The van der Waals surface area contributed by atoms with E-state index in [4.69, 9.17) is 20.8 Å². The highest BCUT2D eigenvalue weighted by molar-refractivity contribution is 6.32. The third-order valence-electron chi connectivity index (χ3n) is 3.80. The second-order valence-corrected chi connectivity index (χ2v) is 6.19. The number of halogens is 2. The molecule has 3 rings (SSSR count). The van der Waals surface area contributed by atoms with Crippen molar-refractivity contribution in [3.63, 3.8) is 0 Å². The third-order valence-corrected chi connectivity index (χ3v) is 4.09. The Morgan fingerprint density at radius 2 is 2.07 bits per heavy atom. The first-order valence-electron chi connectivity index (χ1n) is 7.85. The van der Waals surface area contributed by atoms with E-state index in [1.165, 1.54) is 18.2 Å². The molecule has 0 unspecified atom stereocenters. The number of nitro benzene ring substituents is 1. The van der Waals surface area contributed by atoms with Crippen molar-refractivity contribution in [2.45, 2.75) is 6.92 Å². The molecule has 1 heterocycles. The van der Waals surface area contributed by atoms with Crippen LogP contribution in [0.4, 0.5) is 15.8 Å². The molecule has 0 aliphatic heterocycles. The minimum atomic E-state index is -0.833. The Morgan fingerprint density at radius 1 is 1.32 bits per heavy atom. The summed E-state index contributed by atoms with van der Waals surface area (Å²) >= 11 is 6.13. The van der Waals surface area contributed by atoms with Gasteiger partial charge in [0.05, 0.1) is 15.6 Å². The maximum atomic E-state index is 13.7. The van der Waals surface area contributed by atoms with Crippen molar-refractivity contribution < 1.29 is 23.3 Å². The number of hydrogen-bond acceptors (Lipinski definition) is 6. The van der Waals surface area contributed by atoms with Crippen LogP contribution in [-0.2, 0) is 4.79 Å². The molecular weight excluding hydrogens is 395 g/mol. The van der Waals surface area contributed by atoms with E-state index in [9.17, 15) is 24.1 Å². The summed E-state index contributed by atoms with van der Waals surface area (Å²) in [7, 11) is 0. The molecule has 3 aromatic rings. The maximum absolute atomic E-state index is 13.7. The third kappa shape index (κ3) is 4.09. The minimum Gasteiger partial charge on any atom is -0.482 e. The number of carbonyl (C=O) groups is 1. The van der Waals surface area contributed by atoms with Crippen LogP contribution in [0.5, 0.6) is 5.75 Å². The summed E-state index contributed by atoms with van der Waals surface area (Å²) in [6.45, 7) is 1.17. The number of nitro groups is 1. The van der Waals surface area contributed by atoms with E-state index in [2.05, 4.69) is 5.32 Å². The Hall–Kier alpha value is -3.46. The molecule has 0 aliphatic carbocycles. The monoisotopic (exact) mass is 406 g/mol. The van der Waals surface area contributed by atoms with Crippen molar-refractivity contribution in [2.75, 3.05) is 11.9 Å². The zero-order valence-corrected chi connectivity index (χ0v) is 15.1. The number of amides is 1. The van der Waals surface area contributed by atoms with E-state index in [1.807, 2.05) is 0 Å². The molecular formula is C18H12ClFN2O6. The van der Waals surface area contributed by atoms with Gasteiger partial charge >= 0.3 is 5.63 Å². The Balaban J connectivity index is 1.76. The van der Waals surface area contributed by atoms with Crippen LogP contribution in [0.25, 0.3) is 11.0 Å². The molecule has 1 N–H and O–H groups in total. The van der Waals surface area contributed by atoms with Gasteiger partial charge in [0.25, 0.3) is 11.6 Å². The van der Waals surface area contributed by atoms with Gasteiger partial charge in [0, 0.05) is 29.7 Å². The number of fused-ring (bicyclic) bond motifs is 1. The molecule has 0 saturated carbocycles. The van der Waals surface area contributed by atoms with Gasteiger partial charge in [-0.2, -0.15) is 0 Å². The van der Waals surface area contributed by atoms with Crippen molar-refractivity contribution in [3.05, 3.63) is 73.3 Å². The molecule has 0 saturated heterocycles. The first kappa shape index (κ1) is 19.3. The summed E-state index contributed by atoms with van der Waals surface area (Å²) in [4.78, 5) is 33.5. The van der Waals surface area contributed by atoms with E-state index in [-0.39, 0.29) is 27.7 Å². The van der Waals surface area contributed by atoms with E-state index in [0.29, 0.717) is 10.9 Å². The first-order valence-corrected chi connectivity index (χ1v) is 8.23. The molecule has 0 spiro atoms. The van der Waals surface area contributed by atoms with Crippen LogP contribution in [0.3, 0.4) is 0 Å². The number of carbonyl (C=O) groups excluding carboxylic acids is 1. The molecule has 0 radical (unpaired) electrons. The number of aryl methyl sites for hydroxylation is 1. The molecule has 0 bridgehead atoms. The predicted octanol–water partition coefficient (Wildman–Crippen LogP) is 3.82. The number of rotatable bonds is 5. The zero-order chi connectivity index (χ0) is 20.4. The minimum absolute atomic E-state index is 0.0811. The van der Waals surface area contributed by atoms with Gasteiger partial charge < -0.3 is 14.5 Å². The predicted molar refractivity (Wildman–Crippen MR) is 99.4 cm³/mol. The fourth-order valence-electron chi connectivity index (χ4n) is 2.48. The Labute approximate surface area is 161 Å². The number of nitrogens with zero attached hydrogens (tertiary/aromatic N) is 1. The number of hydrogen-bond donors (Lipinski definition) is 1. The van der Waals surface area contributed by atoms with Gasteiger partial charge in [0.2, 0.25) is 0 Å². The van der Waals surface area contributed by atoms with E-state index >= 15 is 0 Å². The highest BCUT2D eigenvalue weighted by Crippen LogP contribution is 2.31. The van der Waals surface area contributed by atoms with Crippen molar-refractivity contribution in [2.24, 2.45) is 0 Å². The fourth-order valence-corrected chi connectivity index (χ4v) is 2.70. The van der Waals surface area contributed by atoms with Crippen LogP contribution in [0, 0.1) is 22.9 Å². The number of non-ortho nitro benzene ring substituents is 1. The normalized spacial score (nSPS) is 10.7. The topological polar surface area (TPSA) is 112 Å². The molecule has 1 aromatic heterocycles. The molecule has 28 heavy (non-hydrogen) atoms. The first-order chi connectivity index (χ1) is 13.2. The Bertz CT molecular complexity index is 1160. The van der Waals surface area contributed by atoms with Crippen LogP contribution in [0.2, 0.25) is 5.02 Å². The van der Waals surface area contributed by atoms with Crippen LogP contribution in [0.1, 0.15) is 5.56 Å². The number of nitrogens with one attached hydrogen (secondary N) is 1. The summed E-state index contributed by atoms with van der Waals surface area (Å²) < 4.78 is 24.1. The molecule has 0 aliphatic rings. The van der Waals surface area contributed by atoms with Crippen molar-refractivity contribution in [1.82, 2.24) is 0 Å². The molecule has 2 aromatic carbocycles. The van der Waals surface area contributed by atoms with Crippen LogP contribution >= 0.6 is 11.6 Å². The maximum Gasteiger partial charge on any atom is 0.336 e. The van der Waals surface area contributed by atoms with E-state index < -0.39 is 28.9 Å². The SMILES string of the molecule is Cc1cc(=O)oc2cc(OCC(=O)Nc3cc([N+](=O)[O-])ccc3F)c(Cl)cc12. The van der Waals surface area contributed by atoms with Crippen LogP contribution in [-0.4, -0.2) is 17.4 Å². The van der Waals surface area contributed by atoms with Gasteiger partial charge in [-0.05, 0) is 24.6 Å². The number of ether oxygens (including phenoxy) is 1. The lowest BCUT2D eigenvalue weighted by Gasteiger charge is -2.10. The summed E-state index contributed by atoms with van der Waals surface area (Å²) in [6, 6.07) is 6.97. The molecule has 1 amide bonds. The molecule has 8 nitrogen and oxygen atoms in total. The second-order valence-electron chi connectivity index (χ2n) is 5.79. The van der Waals surface area contributed by atoms with Gasteiger partial charge in [-0.3, -0.25) is 14.9 Å². The molecule has 0 atom stereocenters. The van der Waals surface area contributed by atoms with Crippen molar-refractivity contribution in [1.29, 1.82) is 0 Å². The average molecular weight is 407 g/mol. The zero-order valence-electron chi connectivity index (χ0n) is 14.3. The average Bonchev–Trinajstić information content (AvgIpc) is 2.62. The largest absolute Gasteiger partial charge is 0.482 e.